The number of nitriles is 1. The summed E-state index contributed by atoms with van der Waals surface area (Å²) in [5.41, 5.74) is 5.28. The fourth-order valence-electron chi connectivity index (χ4n) is 4.98. The van der Waals surface area contributed by atoms with Gasteiger partial charge in [0, 0.05) is 25.1 Å². The SMILES string of the molecule is N#CC[C@@H]1CCc2cc3c(c(NC(=O)N=[S@@](N)(=O)c4cnn5c4OCCC5)c21)CCC3. The Kier molecular flexibility index (Phi) is 4.95. The molecule has 31 heavy (non-hydrogen) atoms. The molecule has 2 aromatic rings. The molecule has 2 atom stereocenters. The van der Waals surface area contributed by atoms with Gasteiger partial charge in [0.15, 0.2) is 9.92 Å². The van der Waals surface area contributed by atoms with Crippen LogP contribution >= 0.6 is 0 Å². The second-order valence-electron chi connectivity index (χ2n) is 8.24. The predicted octanol–water partition coefficient (Wildman–Crippen LogP) is 3.03. The van der Waals surface area contributed by atoms with E-state index < -0.39 is 15.9 Å². The molecule has 2 heterocycles. The van der Waals surface area contributed by atoms with E-state index in [1.165, 1.54) is 17.3 Å². The first-order chi connectivity index (χ1) is 15.0. The van der Waals surface area contributed by atoms with Gasteiger partial charge in [0.2, 0.25) is 5.88 Å². The molecule has 162 valence electrons. The van der Waals surface area contributed by atoms with Crippen molar-refractivity contribution in [3.05, 3.63) is 34.5 Å². The van der Waals surface area contributed by atoms with Crippen LogP contribution in [0, 0.1) is 11.3 Å². The molecule has 0 unspecified atom stereocenters. The highest BCUT2D eigenvalue weighted by Crippen LogP contribution is 2.45. The van der Waals surface area contributed by atoms with Crippen LogP contribution in [0.5, 0.6) is 5.88 Å². The first-order valence-corrected chi connectivity index (χ1v) is 12.1. The van der Waals surface area contributed by atoms with E-state index in [1.807, 2.05) is 0 Å². The zero-order valence-corrected chi connectivity index (χ0v) is 17.9. The Hall–Kier alpha value is -2.90. The minimum Gasteiger partial charge on any atom is -0.477 e. The van der Waals surface area contributed by atoms with E-state index in [2.05, 4.69) is 26.9 Å². The van der Waals surface area contributed by atoms with Crippen molar-refractivity contribution in [2.45, 2.75) is 62.3 Å². The first-order valence-electron chi connectivity index (χ1n) is 10.6. The molecule has 10 heteroatoms. The monoisotopic (exact) mass is 440 g/mol. The number of aryl methyl sites for hydroxylation is 3. The van der Waals surface area contributed by atoms with E-state index >= 15 is 0 Å². The topological polar surface area (TPSA) is 135 Å². The standard InChI is InChI=1S/C21H24N6O3S/c22-8-7-13-5-6-15-11-14-3-1-4-16(14)19(18(13)15)25-21(28)26-31(23,29)17-12-24-27-9-2-10-30-20(17)27/h11-13H,1-7,9-10H2,(H3,23,25,26,28,29)/t13-,31+/m0/s1. The highest BCUT2D eigenvalue weighted by molar-refractivity contribution is 7.91. The van der Waals surface area contributed by atoms with Crippen molar-refractivity contribution in [1.82, 2.24) is 9.78 Å². The number of carbonyl (C=O) groups excluding carboxylic acids is 1. The van der Waals surface area contributed by atoms with E-state index in [4.69, 9.17) is 9.88 Å². The number of urea groups is 1. The van der Waals surface area contributed by atoms with Crippen LogP contribution in [0.15, 0.2) is 21.5 Å². The van der Waals surface area contributed by atoms with E-state index in [0.29, 0.717) is 25.5 Å². The average molecular weight is 441 g/mol. The molecule has 9 nitrogen and oxygen atoms in total. The largest absolute Gasteiger partial charge is 0.477 e. The van der Waals surface area contributed by atoms with Gasteiger partial charge in [-0.05, 0) is 60.3 Å². The number of ether oxygens (including phenoxy) is 1. The number of benzene rings is 1. The van der Waals surface area contributed by atoms with E-state index in [9.17, 15) is 14.3 Å². The maximum atomic E-state index is 13.1. The van der Waals surface area contributed by atoms with Gasteiger partial charge >= 0.3 is 6.03 Å². The fraction of sp³-hybridized carbons (Fsp3) is 0.476. The molecule has 1 aromatic carbocycles. The number of amides is 2. The summed E-state index contributed by atoms with van der Waals surface area (Å²) in [6.45, 7) is 1.11. The summed E-state index contributed by atoms with van der Waals surface area (Å²) in [7, 11) is -3.53. The smallest absolute Gasteiger partial charge is 0.354 e. The number of carbonyl (C=O) groups is 1. The third kappa shape index (κ3) is 3.47. The van der Waals surface area contributed by atoms with Crippen LogP contribution in [0.1, 0.15) is 53.9 Å². The maximum absolute atomic E-state index is 13.1. The number of aromatic nitrogens is 2. The molecular weight excluding hydrogens is 416 g/mol. The molecule has 0 bridgehead atoms. The Morgan fingerprint density at radius 2 is 2.26 bits per heavy atom. The summed E-state index contributed by atoms with van der Waals surface area (Å²) in [4.78, 5) is 13.0. The summed E-state index contributed by atoms with van der Waals surface area (Å²) in [6.07, 6.45) is 7.20. The van der Waals surface area contributed by atoms with Crippen molar-refractivity contribution in [3.63, 3.8) is 0 Å². The van der Waals surface area contributed by atoms with Gasteiger partial charge in [0.25, 0.3) is 0 Å². The maximum Gasteiger partial charge on any atom is 0.354 e. The van der Waals surface area contributed by atoms with E-state index in [-0.39, 0.29) is 10.8 Å². The highest BCUT2D eigenvalue weighted by Gasteiger charge is 2.31. The Morgan fingerprint density at radius 3 is 3.10 bits per heavy atom. The van der Waals surface area contributed by atoms with Gasteiger partial charge < -0.3 is 10.1 Å². The zero-order valence-electron chi connectivity index (χ0n) is 17.1. The van der Waals surface area contributed by atoms with Crippen LogP contribution in [-0.4, -0.2) is 26.6 Å². The third-order valence-corrected chi connectivity index (χ3v) is 7.66. The number of nitrogens with one attached hydrogen (secondary N) is 1. The highest BCUT2D eigenvalue weighted by atomic mass is 32.2. The molecule has 0 spiro atoms. The second-order valence-corrected chi connectivity index (χ2v) is 10.0. The van der Waals surface area contributed by atoms with Crippen LogP contribution in [0.25, 0.3) is 0 Å². The van der Waals surface area contributed by atoms with Gasteiger partial charge in [0.1, 0.15) is 4.90 Å². The molecule has 2 amide bonds. The van der Waals surface area contributed by atoms with Crippen molar-refractivity contribution in [3.8, 4) is 11.9 Å². The summed E-state index contributed by atoms with van der Waals surface area (Å²) in [5.74, 6) is 0.394. The third-order valence-electron chi connectivity index (χ3n) is 6.31. The summed E-state index contributed by atoms with van der Waals surface area (Å²) < 4.78 is 24.1. The Morgan fingerprint density at radius 1 is 1.39 bits per heavy atom. The van der Waals surface area contributed by atoms with Crippen LogP contribution in [0.3, 0.4) is 0 Å². The number of anilines is 1. The average Bonchev–Trinajstić information content (AvgIpc) is 3.46. The molecular formula is C21H24N6O3S. The summed E-state index contributed by atoms with van der Waals surface area (Å²) in [6, 6.07) is 3.73. The van der Waals surface area contributed by atoms with Crippen LogP contribution < -0.4 is 15.2 Å². The van der Waals surface area contributed by atoms with Gasteiger partial charge in [-0.1, -0.05) is 6.07 Å². The molecule has 0 fully saturated rings. The van der Waals surface area contributed by atoms with Gasteiger partial charge in [-0.15, -0.1) is 4.36 Å². The lowest BCUT2D eigenvalue weighted by Gasteiger charge is -2.18. The lowest BCUT2D eigenvalue weighted by Crippen LogP contribution is -2.21. The fourth-order valence-corrected chi connectivity index (χ4v) is 5.98. The summed E-state index contributed by atoms with van der Waals surface area (Å²) >= 11 is 0. The summed E-state index contributed by atoms with van der Waals surface area (Å²) in [5, 5.41) is 22.3. The minimum atomic E-state index is -3.53. The zero-order chi connectivity index (χ0) is 21.6. The molecule has 0 saturated heterocycles. The molecule has 2 aliphatic carbocycles. The molecule has 3 N–H and O–H groups in total. The number of fused-ring (bicyclic) bond motifs is 3. The van der Waals surface area contributed by atoms with Crippen molar-refractivity contribution < 1.29 is 13.7 Å². The van der Waals surface area contributed by atoms with Crippen LogP contribution in [0.2, 0.25) is 0 Å². The van der Waals surface area contributed by atoms with Crippen molar-refractivity contribution in [2.24, 2.45) is 9.50 Å². The molecule has 0 saturated carbocycles. The molecule has 5 rings (SSSR count). The van der Waals surface area contributed by atoms with E-state index in [0.717, 1.165) is 55.3 Å². The van der Waals surface area contributed by atoms with Crippen molar-refractivity contribution in [1.29, 1.82) is 5.26 Å². The number of rotatable bonds is 3. The number of nitrogens with two attached hydrogens (primary N) is 1. The molecule has 1 aromatic heterocycles. The van der Waals surface area contributed by atoms with Gasteiger partial charge in [-0.2, -0.15) is 10.4 Å². The number of hydrogen-bond donors (Lipinski definition) is 2. The second kappa shape index (κ2) is 7.66. The molecule has 3 aliphatic rings. The lowest BCUT2D eigenvalue weighted by molar-refractivity contribution is 0.224. The van der Waals surface area contributed by atoms with E-state index in [1.54, 1.807) is 4.68 Å². The minimum absolute atomic E-state index is 0.0829. The predicted molar refractivity (Wildman–Crippen MR) is 114 cm³/mol. The number of nitrogens with zero attached hydrogens (tertiary/aromatic N) is 4. The molecule has 0 radical (unpaired) electrons. The first kappa shape index (κ1) is 20.0. The van der Waals surface area contributed by atoms with Gasteiger partial charge in [-0.3, -0.25) is 0 Å². The van der Waals surface area contributed by atoms with Crippen LogP contribution in [0.4, 0.5) is 10.5 Å². The normalized spacial score (nSPS) is 20.6. The lowest BCUT2D eigenvalue weighted by atomic mass is 9.92. The Balaban J connectivity index is 1.51. The van der Waals surface area contributed by atoms with Crippen molar-refractivity contribution >= 4 is 21.6 Å². The Labute approximate surface area is 180 Å². The molecule has 1 aliphatic heterocycles. The van der Waals surface area contributed by atoms with Crippen LogP contribution in [-0.2, 0) is 35.7 Å². The van der Waals surface area contributed by atoms with Gasteiger partial charge in [-0.25, -0.2) is 18.8 Å². The number of hydrogen-bond acceptors (Lipinski definition) is 5. The Bertz CT molecular complexity index is 1230. The van der Waals surface area contributed by atoms with Crippen molar-refractivity contribution in [2.75, 3.05) is 11.9 Å². The quantitative estimate of drug-likeness (QED) is 0.756. The van der Waals surface area contributed by atoms with Gasteiger partial charge in [0.05, 0.1) is 18.9 Å².